The molecular formula is C24H31ClN2O4. The zero-order valence-electron chi connectivity index (χ0n) is 18.7. The zero-order valence-corrected chi connectivity index (χ0v) is 19.4. The summed E-state index contributed by atoms with van der Waals surface area (Å²) >= 11 is 6.58. The van der Waals surface area contributed by atoms with Gasteiger partial charge in [-0.25, -0.2) is 4.79 Å². The van der Waals surface area contributed by atoms with Gasteiger partial charge in [0.2, 0.25) is 0 Å². The quantitative estimate of drug-likeness (QED) is 0.506. The second kappa shape index (κ2) is 9.55. The number of carbonyl (C=O) groups excluding carboxylic acids is 2. The summed E-state index contributed by atoms with van der Waals surface area (Å²) in [5.41, 5.74) is 8.76. The lowest BCUT2D eigenvalue weighted by Crippen LogP contribution is -2.41. The van der Waals surface area contributed by atoms with Crippen molar-refractivity contribution in [2.75, 3.05) is 33.4 Å². The number of halogens is 1. The minimum absolute atomic E-state index is 0.0340. The summed E-state index contributed by atoms with van der Waals surface area (Å²) in [6.07, 6.45) is 1.12. The molecule has 31 heavy (non-hydrogen) atoms. The number of allylic oxidation sites excluding steroid dienone is 2. The number of ketones is 1. The summed E-state index contributed by atoms with van der Waals surface area (Å²) < 4.78 is 11.2. The van der Waals surface area contributed by atoms with E-state index >= 15 is 0 Å². The molecule has 168 valence electrons. The molecule has 0 fully saturated rings. The summed E-state index contributed by atoms with van der Waals surface area (Å²) in [7, 11) is 1.88. The molecule has 0 radical (unpaired) electrons. The predicted molar refractivity (Wildman–Crippen MR) is 121 cm³/mol. The fourth-order valence-corrected chi connectivity index (χ4v) is 4.72. The van der Waals surface area contributed by atoms with E-state index in [4.69, 9.17) is 26.8 Å². The van der Waals surface area contributed by atoms with Gasteiger partial charge in [-0.3, -0.25) is 4.79 Å². The van der Waals surface area contributed by atoms with Crippen LogP contribution in [-0.4, -0.2) is 50.1 Å². The van der Waals surface area contributed by atoms with Crippen molar-refractivity contribution in [2.45, 2.75) is 39.5 Å². The average Bonchev–Trinajstić information content (AvgIpc) is 2.70. The third-order valence-electron chi connectivity index (χ3n) is 5.81. The fraction of sp³-hybridized carbons (Fsp3) is 0.500. The van der Waals surface area contributed by atoms with Crippen LogP contribution in [0.4, 0.5) is 0 Å². The smallest absolute Gasteiger partial charge is 0.336 e. The van der Waals surface area contributed by atoms with Crippen LogP contribution in [0.15, 0.2) is 46.8 Å². The number of benzene rings is 1. The van der Waals surface area contributed by atoms with Crippen LogP contribution in [0.2, 0.25) is 5.02 Å². The molecule has 0 saturated heterocycles. The van der Waals surface area contributed by atoms with Gasteiger partial charge in [-0.2, -0.15) is 0 Å². The van der Waals surface area contributed by atoms with Crippen molar-refractivity contribution in [3.8, 4) is 0 Å². The monoisotopic (exact) mass is 446 g/mol. The van der Waals surface area contributed by atoms with Crippen LogP contribution < -0.4 is 5.73 Å². The number of hydrogen-bond acceptors (Lipinski definition) is 6. The van der Waals surface area contributed by atoms with Crippen LogP contribution in [-0.2, 0) is 19.1 Å². The molecule has 0 bridgehead atoms. The van der Waals surface area contributed by atoms with Crippen molar-refractivity contribution < 1.29 is 19.1 Å². The molecule has 6 nitrogen and oxygen atoms in total. The number of hydrogen-bond donors (Lipinski definition) is 1. The molecule has 2 N–H and O–H groups in total. The summed E-state index contributed by atoms with van der Waals surface area (Å²) in [6, 6.07) is 7.35. The molecule has 2 aliphatic rings. The first kappa shape index (κ1) is 23.5. The van der Waals surface area contributed by atoms with Crippen LogP contribution in [0.5, 0.6) is 0 Å². The highest BCUT2D eigenvalue weighted by Gasteiger charge is 2.46. The van der Waals surface area contributed by atoms with E-state index in [2.05, 4.69) is 13.8 Å². The van der Waals surface area contributed by atoms with Crippen molar-refractivity contribution in [1.82, 2.24) is 4.90 Å². The van der Waals surface area contributed by atoms with Crippen molar-refractivity contribution in [3.05, 3.63) is 57.4 Å². The number of ether oxygens (including phenoxy) is 2. The van der Waals surface area contributed by atoms with Gasteiger partial charge in [0.1, 0.15) is 0 Å². The van der Waals surface area contributed by atoms with Gasteiger partial charge < -0.3 is 20.1 Å². The molecule has 1 aliphatic carbocycles. The number of nitrogens with two attached hydrogens (primary N) is 1. The van der Waals surface area contributed by atoms with Crippen LogP contribution in [0.25, 0.3) is 0 Å². The van der Waals surface area contributed by atoms with Crippen LogP contribution in [0.1, 0.15) is 45.1 Å². The molecular weight excluding hydrogens is 416 g/mol. The first-order valence-corrected chi connectivity index (χ1v) is 11.0. The lowest BCUT2D eigenvalue weighted by atomic mass is 9.68. The van der Waals surface area contributed by atoms with Crippen molar-refractivity contribution >= 4 is 23.4 Å². The maximum Gasteiger partial charge on any atom is 0.336 e. The molecule has 1 heterocycles. The Bertz CT molecular complexity index is 935. The lowest BCUT2D eigenvalue weighted by molar-refractivity contribution is -0.139. The maximum atomic E-state index is 13.4. The first-order valence-electron chi connectivity index (χ1n) is 10.6. The van der Waals surface area contributed by atoms with Gasteiger partial charge in [-0.1, -0.05) is 43.6 Å². The van der Waals surface area contributed by atoms with E-state index in [1.165, 1.54) is 0 Å². The second-order valence-corrected chi connectivity index (χ2v) is 9.14. The molecule has 0 amide bonds. The number of carbonyl (C=O) groups is 2. The highest BCUT2D eigenvalue weighted by Crippen LogP contribution is 2.50. The Kier molecular flexibility index (Phi) is 7.24. The van der Waals surface area contributed by atoms with E-state index in [9.17, 15) is 9.59 Å². The zero-order chi connectivity index (χ0) is 22.8. The average molecular weight is 447 g/mol. The molecule has 1 aromatic rings. The lowest BCUT2D eigenvalue weighted by Gasteiger charge is -2.44. The van der Waals surface area contributed by atoms with E-state index in [0.717, 1.165) is 11.3 Å². The summed E-state index contributed by atoms with van der Waals surface area (Å²) in [6.45, 7) is 7.09. The Morgan fingerprint density at radius 1 is 1.29 bits per heavy atom. The number of Topliss-reactive ketones (excluding diaryl/α,β-unsaturated/α-hetero) is 1. The number of likely N-dealkylation sites (N-methyl/N-ethyl adjacent to an activating group) is 1. The van der Waals surface area contributed by atoms with Gasteiger partial charge >= 0.3 is 5.97 Å². The number of nitrogens with zero attached hydrogens (tertiary/aromatic N) is 1. The summed E-state index contributed by atoms with van der Waals surface area (Å²) in [4.78, 5) is 28.6. The van der Waals surface area contributed by atoms with Crippen LogP contribution in [0, 0.1) is 5.41 Å². The molecule has 1 atom stereocenters. The molecule has 1 unspecified atom stereocenters. The molecule has 7 heteroatoms. The molecule has 0 aromatic heterocycles. The highest BCUT2D eigenvalue weighted by atomic mass is 35.5. The molecule has 0 saturated carbocycles. The summed E-state index contributed by atoms with van der Waals surface area (Å²) in [5, 5.41) is 0.505. The van der Waals surface area contributed by atoms with Crippen LogP contribution in [0.3, 0.4) is 0 Å². The Balaban J connectivity index is 2.26. The fourth-order valence-electron chi connectivity index (χ4n) is 4.47. The van der Waals surface area contributed by atoms with E-state index in [1.807, 2.05) is 30.1 Å². The first-order chi connectivity index (χ1) is 14.7. The third-order valence-corrected chi connectivity index (χ3v) is 6.15. The Morgan fingerprint density at radius 3 is 2.65 bits per heavy atom. The second-order valence-electron chi connectivity index (χ2n) is 8.74. The van der Waals surface area contributed by atoms with Crippen molar-refractivity contribution in [2.24, 2.45) is 11.1 Å². The normalized spacial score (nSPS) is 20.8. The van der Waals surface area contributed by atoms with Crippen LogP contribution >= 0.6 is 11.6 Å². The Labute approximate surface area is 189 Å². The highest BCUT2D eigenvalue weighted by molar-refractivity contribution is 6.31. The number of rotatable bonds is 7. The van der Waals surface area contributed by atoms with Crippen molar-refractivity contribution in [1.29, 1.82) is 0 Å². The molecule has 3 rings (SSSR count). The van der Waals surface area contributed by atoms with Gasteiger partial charge in [0.05, 0.1) is 31.1 Å². The van der Waals surface area contributed by atoms with E-state index in [-0.39, 0.29) is 24.4 Å². The van der Waals surface area contributed by atoms with Gasteiger partial charge in [0.15, 0.2) is 5.78 Å². The minimum Gasteiger partial charge on any atom is -0.463 e. The van der Waals surface area contributed by atoms with E-state index < -0.39 is 11.9 Å². The third kappa shape index (κ3) is 4.71. The standard InChI is InChI=1S/C24H31ClN2O4/c1-5-31-23(29)22-18(14-30-11-10-26)27(4)17-12-24(2,3)13-19(28)21(17)20(22)15-8-6-7-9-16(15)25/h6-9,20H,5,10-14,26H2,1-4H3. The summed E-state index contributed by atoms with van der Waals surface area (Å²) in [5.74, 6) is -1.03. The predicted octanol–water partition coefficient (Wildman–Crippen LogP) is 3.80. The van der Waals surface area contributed by atoms with Gasteiger partial charge in [-0.15, -0.1) is 0 Å². The van der Waals surface area contributed by atoms with E-state index in [1.54, 1.807) is 13.0 Å². The minimum atomic E-state index is -0.598. The topological polar surface area (TPSA) is 81.9 Å². The number of esters is 1. The SMILES string of the molecule is CCOC(=O)C1=C(COCCN)N(C)C2=C(C(=O)CC(C)(C)C2)C1c1ccccc1Cl. The Morgan fingerprint density at radius 2 is 2.00 bits per heavy atom. The van der Waals surface area contributed by atoms with Gasteiger partial charge in [0.25, 0.3) is 0 Å². The van der Waals surface area contributed by atoms with Gasteiger partial charge in [-0.05, 0) is 30.4 Å². The largest absolute Gasteiger partial charge is 0.463 e. The molecule has 1 aromatic carbocycles. The Hall–Kier alpha value is -2.15. The maximum absolute atomic E-state index is 13.4. The van der Waals surface area contributed by atoms with Crippen molar-refractivity contribution in [3.63, 3.8) is 0 Å². The van der Waals surface area contributed by atoms with Gasteiger partial charge in [0, 0.05) is 42.2 Å². The molecule has 1 aliphatic heterocycles. The molecule has 0 spiro atoms. The van der Waals surface area contributed by atoms with E-state index in [0.29, 0.717) is 47.9 Å².